The zero-order valence-electron chi connectivity index (χ0n) is 10.3. The minimum Gasteiger partial charge on any atom is -0.497 e. The van der Waals surface area contributed by atoms with E-state index in [0.29, 0.717) is 6.54 Å². The summed E-state index contributed by atoms with van der Waals surface area (Å²) in [5, 5.41) is 3.01. The molecule has 3 N–H and O–H groups in total. The van der Waals surface area contributed by atoms with Crippen LogP contribution in [0.3, 0.4) is 0 Å². The van der Waals surface area contributed by atoms with Crippen LogP contribution in [0.25, 0.3) is 0 Å². The Kier molecular flexibility index (Phi) is 4.78. The van der Waals surface area contributed by atoms with Crippen molar-refractivity contribution in [1.29, 1.82) is 0 Å². The molecule has 0 spiro atoms. The first-order valence-corrected chi connectivity index (χ1v) is 5.32. The lowest BCUT2D eigenvalue weighted by molar-refractivity contribution is -0.119. The first-order valence-electron chi connectivity index (χ1n) is 5.32. The van der Waals surface area contributed by atoms with Crippen molar-refractivity contribution in [2.75, 3.05) is 14.2 Å². The van der Waals surface area contributed by atoms with Gasteiger partial charge in [0, 0.05) is 12.1 Å². The zero-order chi connectivity index (χ0) is 12.8. The van der Waals surface area contributed by atoms with Gasteiger partial charge in [0.1, 0.15) is 11.5 Å². The van der Waals surface area contributed by atoms with E-state index in [-0.39, 0.29) is 11.9 Å². The molecule has 0 radical (unpaired) electrons. The molecule has 0 aliphatic carbocycles. The number of carbonyl (C=O) groups excluding carboxylic acids is 1. The van der Waals surface area contributed by atoms with Gasteiger partial charge in [0.2, 0.25) is 5.91 Å². The summed E-state index contributed by atoms with van der Waals surface area (Å²) in [6, 6.07) is 5.12. The van der Waals surface area contributed by atoms with Crippen LogP contribution < -0.4 is 20.5 Å². The molecule has 17 heavy (non-hydrogen) atoms. The van der Waals surface area contributed by atoms with Gasteiger partial charge in [0.05, 0.1) is 20.3 Å². The summed E-state index contributed by atoms with van der Waals surface area (Å²) < 4.78 is 10.4. The van der Waals surface area contributed by atoms with Crippen LogP contribution in [0.15, 0.2) is 18.2 Å². The molecular weight excluding hydrogens is 220 g/mol. The Morgan fingerprint density at radius 2 is 2.12 bits per heavy atom. The number of primary amides is 1. The molecule has 5 nitrogen and oxygen atoms in total. The van der Waals surface area contributed by atoms with Gasteiger partial charge in [-0.3, -0.25) is 4.79 Å². The van der Waals surface area contributed by atoms with Gasteiger partial charge < -0.3 is 20.5 Å². The van der Waals surface area contributed by atoms with Crippen LogP contribution in [0.1, 0.15) is 12.5 Å². The van der Waals surface area contributed by atoms with Gasteiger partial charge in [-0.15, -0.1) is 0 Å². The van der Waals surface area contributed by atoms with Crippen LogP contribution in [0, 0.1) is 0 Å². The average Bonchev–Trinajstić information content (AvgIpc) is 2.35. The Morgan fingerprint density at radius 3 is 2.65 bits per heavy atom. The predicted octanol–water partition coefficient (Wildman–Crippen LogP) is 0.667. The molecule has 1 aromatic rings. The molecule has 94 valence electrons. The fourth-order valence-corrected chi connectivity index (χ4v) is 1.38. The second-order valence-corrected chi connectivity index (χ2v) is 3.68. The number of benzene rings is 1. The maximum atomic E-state index is 10.9. The molecule has 0 aliphatic rings. The molecule has 0 saturated carbocycles. The summed E-state index contributed by atoms with van der Waals surface area (Å²) >= 11 is 0. The van der Waals surface area contributed by atoms with Crippen molar-refractivity contribution >= 4 is 5.91 Å². The van der Waals surface area contributed by atoms with Crippen molar-refractivity contribution in [3.05, 3.63) is 23.8 Å². The third kappa shape index (κ3) is 3.64. The predicted molar refractivity (Wildman–Crippen MR) is 65.0 cm³/mol. The highest BCUT2D eigenvalue weighted by molar-refractivity contribution is 5.79. The van der Waals surface area contributed by atoms with E-state index in [2.05, 4.69) is 5.32 Å². The maximum Gasteiger partial charge on any atom is 0.234 e. The number of hydrogen-bond acceptors (Lipinski definition) is 4. The SMILES string of the molecule is COc1ccc(OC)c(CNC(C)C(N)=O)c1. The quantitative estimate of drug-likeness (QED) is 0.764. The molecule has 0 aliphatic heterocycles. The number of ether oxygens (including phenoxy) is 2. The number of amides is 1. The highest BCUT2D eigenvalue weighted by atomic mass is 16.5. The fraction of sp³-hybridized carbons (Fsp3) is 0.417. The summed E-state index contributed by atoms with van der Waals surface area (Å²) in [6.45, 7) is 2.21. The summed E-state index contributed by atoms with van der Waals surface area (Å²) in [5.41, 5.74) is 6.09. The minimum atomic E-state index is -0.383. The second kappa shape index (κ2) is 6.10. The number of methoxy groups -OCH3 is 2. The third-order valence-corrected chi connectivity index (χ3v) is 2.51. The molecule has 0 bridgehead atoms. The van der Waals surface area contributed by atoms with E-state index in [1.54, 1.807) is 21.1 Å². The first-order chi connectivity index (χ1) is 8.08. The molecule has 0 saturated heterocycles. The van der Waals surface area contributed by atoms with Crippen LogP contribution in [0.5, 0.6) is 11.5 Å². The molecule has 0 aromatic heterocycles. The van der Waals surface area contributed by atoms with E-state index in [4.69, 9.17) is 15.2 Å². The fourth-order valence-electron chi connectivity index (χ4n) is 1.38. The summed E-state index contributed by atoms with van der Waals surface area (Å²) in [6.07, 6.45) is 0. The van der Waals surface area contributed by atoms with Gasteiger partial charge in [0.15, 0.2) is 0 Å². The van der Waals surface area contributed by atoms with Gasteiger partial charge in [-0.05, 0) is 25.1 Å². The average molecular weight is 238 g/mol. The van der Waals surface area contributed by atoms with Crippen molar-refractivity contribution in [2.45, 2.75) is 19.5 Å². The van der Waals surface area contributed by atoms with E-state index in [0.717, 1.165) is 17.1 Å². The number of nitrogens with one attached hydrogen (secondary N) is 1. The Labute approximate surface area is 101 Å². The van der Waals surface area contributed by atoms with Gasteiger partial charge in [-0.25, -0.2) is 0 Å². The van der Waals surface area contributed by atoms with Crippen molar-refractivity contribution in [2.24, 2.45) is 5.73 Å². The smallest absolute Gasteiger partial charge is 0.234 e. The van der Waals surface area contributed by atoms with Gasteiger partial charge in [-0.2, -0.15) is 0 Å². The van der Waals surface area contributed by atoms with Crippen molar-refractivity contribution in [1.82, 2.24) is 5.32 Å². The molecule has 1 aromatic carbocycles. The molecule has 5 heteroatoms. The lowest BCUT2D eigenvalue weighted by Gasteiger charge is -2.13. The highest BCUT2D eigenvalue weighted by Crippen LogP contribution is 2.23. The number of nitrogens with two attached hydrogens (primary N) is 1. The number of rotatable bonds is 6. The molecule has 1 rings (SSSR count). The Bertz CT molecular complexity index is 393. The van der Waals surface area contributed by atoms with Gasteiger partial charge in [-0.1, -0.05) is 0 Å². The van der Waals surface area contributed by atoms with Crippen molar-refractivity contribution < 1.29 is 14.3 Å². The summed E-state index contributed by atoms with van der Waals surface area (Å²) in [4.78, 5) is 10.9. The summed E-state index contributed by atoms with van der Waals surface area (Å²) in [5.74, 6) is 1.11. The molecule has 1 atom stereocenters. The zero-order valence-corrected chi connectivity index (χ0v) is 10.3. The summed E-state index contributed by atoms with van der Waals surface area (Å²) in [7, 11) is 3.20. The normalized spacial score (nSPS) is 11.9. The van der Waals surface area contributed by atoms with E-state index in [1.807, 2.05) is 18.2 Å². The van der Waals surface area contributed by atoms with Crippen LogP contribution in [-0.2, 0) is 11.3 Å². The Hall–Kier alpha value is -1.75. The van der Waals surface area contributed by atoms with Gasteiger partial charge in [0.25, 0.3) is 0 Å². The molecule has 1 amide bonds. The molecule has 0 fully saturated rings. The van der Waals surface area contributed by atoms with Crippen LogP contribution >= 0.6 is 0 Å². The largest absolute Gasteiger partial charge is 0.497 e. The highest BCUT2D eigenvalue weighted by Gasteiger charge is 2.10. The topological polar surface area (TPSA) is 73.6 Å². The first kappa shape index (κ1) is 13.3. The lowest BCUT2D eigenvalue weighted by Crippen LogP contribution is -2.38. The monoisotopic (exact) mass is 238 g/mol. The standard InChI is InChI=1S/C12H18N2O3/c1-8(12(13)15)14-7-9-6-10(16-2)4-5-11(9)17-3/h4-6,8,14H,7H2,1-3H3,(H2,13,15). The second-order valence-electron chi connectivity index (χ2n) is 3.68. The number of hydrogen-bond donors (Lipinski definition) is 2. The maximum absolute atomic E-state index is 10.9. The van der Waals surface area contributed by atoms with E-state index >= 15 is 0 Å². The van der Waals surface area contributed by atoms with Crippen molar-refractivity contribution in [3.63, 3.8) is 0 Å². The third-order valence-electron chi connectivity index (χ3n) is 2.51. The van der Waals surface area contributed by atoms with E-state index in [1.165, 1.54) is 0 Å². The van der Waals surface area contributed by atoms with Crippen LogP contribution in [0.4, 0.5) is 0 Å². The van der Waals surface area contributed by atoms with E-state index < -0.39 is 0 Å². The minimum absolute atomic E-state index is 0.383. The van der Waals surface area contributed by atoms with Gasteiger partial charge >= 0.3 is 0 Å². The lowest BCUT2D eigenvalue weighted by atomic mass is 10.1. The number of carbonyl (C=O) groups is 1. The molecule has 0 heterocycles. The van der Waals surface area contributed by atoms with Crippen molar-refractivity contribution in [3.8, 4) is 11.5 Å². The molecular formula is C12H18N2O3. The van der Waals surface area contributed by atoms with Crippen LogP contribution in [0.2, 0.25) is 0 Å². The Balaban J connectivity index is 2.77. The molecule has 1 unspecified atom stereocenters. The van der Waals surface area contributed by atoms with E-state index in [9.17, 15) is 4.79 Å². The Morgan fingerprint density at radius 1 is 1.41 bits per heavy atom. The van der Waals surface area contributed by atoms with Crippen LogP contribution in [-0.4, -0.2) is 26.2 Å².